The molecule has 0 amide bonds. The molecule has 1 atom stereocenters. The van der Waals surface area contributed by atoms with E-state index in [1.807, 2.05) is 26.0 Å². The first-order valence-electron chi connectivity index (χ1n) is 7.40. The standard InChI is InChI=1S/C19H24O2/c1-14(13-19(2,3)18(21)10-11-20)16-9-8-15-6-4-5-7-17(15)12-16/h4-9,12,18,20-21H,1,10-11,13H2,2-3H3. The van der Waals surface area contributed by atoms with Crippen molar-refractivity contribution >= 4 is 16.3 Å². The molecule has 2 aromatic carbocycles. The van der Waals surface area contributed by atoms with Crippen molar-refractivity contribution in [2.45, 2.75) is 32.8 Å². The second kappa shape index (κ2) is 6.42. The normalized spacial score (nSPS) is 13.3. The van der Waals surface area contributed by atoms with Crippen molar-refractivity contribution in [2.24, 2.45) is 5.41 Å². The van der Waals surface area contributed by atoms with E-state index >= 15 is 0 Å². The van der Waals surface area contributed by atoms with E-state index in [2.05, 4.69) is 36.9 Å². The Morgan fingerprint density at radius 3 is 2.48 bits per heavy atom. The zero-order valence-corrected chi connectivity index (χ0v) is 12.8. The molecule has 2 heteroatoms. The van der Waals surface area contributed by atoms with Gasteiger partial charge in [0.1, 0.15) is 0 Å². The molecule has 112 valence electrons. The molecule has 0 saturated heterocycles. The van der Waals surface area contributed by atoms with Crippen LogP contribution in [0.4, 0.5) is 0 Å². The summed E-state index contributed by atoms with van der Waals surface area (Å²) in [5.41, 5.74) is 1.83. The average molecular weight is 284 g/mol. The maximum atomic E-state index is 10.1. The van der Waals surface area contributed by atoms with Gasteiger partial charge in [0.2, 0.25) is 0 Å². The third-order valence-corrected chi connectivity index (χ3v) is 4.13. The van der Waals surface area contributed by atoms with Crippen molar-refractivity contribution in [3.63, 3.8) is 0 Å². The monoisotopic (exact) mass is 284 g/mol. The minimum absolute atomic E-state index is 0.00699. The molecule has 0 fully saturated rings. The Hall–Kier alpha value is -1.64. The van der Waals surface area contributed by atoms with Gasteiger partial charge in [-0.3, -0.25) is 0 Å². The summed E-state index contributed by atoms with van der Waals surface area (Å²) < 4.78 is 0. The number of aliphatic hydroxyl groups excluding tert-OH is 2. The van der Waals surface area contributed by atoms with Crippen LogP contribution < -0.4 is 0 Å². The topological polar surface area (TPSA) is 40.5 Å². The highest BCUT2D eigenvalue weighted by atomic mass is 16.3. The number of aliphatic hydroxyl groups is 2. The fourth-order valence-corrected chi connectivity index (χ4v) is 2.69. The number of allylic oxidation sites excluding steroid dienone is 1. The zero-order chi connectivity index (χ0) is 15.5. The third-order valence-electron chi connectivity index (χ3n) is 4.13. The SMILES string of the molecule is C=C(CC(C)(C)C(O)CCO)c1ccc2ccccc2c1. The first-order chi connectivity index (χ1) is 9.94. The van der Waals surface area contributed by atoms with E-state index in [0.29, 0.717) is 12.8 Å². The Balaban J connectivity index is 2.18. The van der Waals surface area contributed by atoms with E-state index in [9.17, 15) is 5.11 Å². The molecule has 0 aliphatic heterocycles. The van der Waals surface area contributed by atoms with Crippen molar-refractivity contribution in [3.8, 4) is 0 Å². The van der Waals surface area contributed by atoms with Gasteiger partial charge in [-0.15, -0.1) is 0 Å². The lowest BCUT2D eigenvalue weighted by Gasteiger charge is -2.31. The smallest absolute Gasteiger partial charge is 0.0616 e. The number of rotatable bonds is 6. The molecule has 2 N–H and O–H groups in total. The third kappa shape index (κ3) is 3.72. The van der Waals surface area contributed by atoms with E-state index in [0.717, 1.165) is 11.1 Å². The molecule has 2 rings (SSSR count). The lowest BCUT2D eigenvalue weighted by molar-refractivity contribution is 0.0324. The summed E-state index contributed by atoms with van der Waals surface area (Å²) in [6.07, 6.45) is 0.574. The fraction of sp³-hybridized carbons (Fsp3) is 0.368. The number of hydrogen-bond acceptors (Lipinski definition) is 2. The average Bonchev–Trinajstić information content (AvgIpc) is 2.46. The predicted molar refractivity (Wildman–Crippen MR) is 89.1 cm³/mol. The van der Waals surface area contributed by atoms with E-state index in [1.54, 1.807) is 0 Å². The fourth-order valence-electron chi connectivity index (χ4n) is 2.69. The summed E-state index contributed by atoms with van der Waals surface area (Å²) in [4.78, 5) is 0. The highest BCUT2D eigenvalue weighted by Gasteiger charge is 2.28. The van der Waals surface area contributed by atoms with E-state index < -0.39 is 6.10 Å². The van der Waals surface area contributed by atoms with Crippen molar-refractivity contribution < 1.29 is 10.2 Å². The Bertz CT molecular complexity index is 628. The van der Waals surface area contributed by atoms with Gasteiger partial charge < -0.3 is 10.2 Å². The van der Waals surface area contributed by atoms with Crippen LogP contribution in [0.1, 0.15) is 32.3 Å². The minimum Gasteiger partial charge on any atom is -0.396 e. The first kappa shape index (κ1) is 15.7. The quantitative estimate of drug-likeness (QED) is 0.841. The Morgan fingerprint density at radius 2 is 1.81 bits per heavy atom. The summed E-state index contributed by atoms with van der Waals surface area (Å²) in [6, 6.07) is 14.6. The van der Waals surface area contributed by atoms with Gasteiger partial charge in [-0.05, 0) is 46.2 Å². The Morgan fingerprint density at radius 1 is 1.14 bits per heavy atom. The van der Waals surface area contributed by atoms with Gasteiger partial charge in [0.05, 0.1) is 6.10 Å². The largest absolute Gasteiger partial charge is 0.396 e. The molecule has 0 aliphatic rings. The lowest BCUT2D eigenvalue weighted by Crippen LogP contribution is -2.30. The molecule has 0 aliphatic carbocycles. The number of benzene rings is 2. The van der Waals surface area contributed by atoms with Crippen LogP contribution in [-0.4, -0.2) is 22.9 Å². The highest BCUT2D eigenvalue weighted by Crippen LogP contribution is 2.34. The van der Waals surface area contributed by atoms with E-state index in [-0.39, 0.29) is 12.0 Å². The van der Waals surface area contributed by atoms with Crippen LogP contribution in [0.3, 0.4) is 0 Å². The molecule has 2 nitrogen and oxygen atoms in total. The molecular formula is C19H24O2. The van der Waals surface area contributed by atoms with Gasteiger partial charge in [0.15, 0.2) is 0 Å². The Labute approximate surface area is 126 Å². The van der Waals surface area contributed by atoms with Crippen LogP contribution in [0.25, 0.3) is 16.3 Å². The van der Waals surface area contributed by atoms with Crippen LogP contribution in [0.5, 0.6) is 0 Å². The molecule has 1 unspecified atom stereocenters. The van der Waals surface area contributed by atoms with Crippen LogP contribution in [0.15, 0.2) is 49.0 Å². The maximum Gasteiger partial charge on any atom is 0.0616 e. The second-order valence-electron chi connectivity index (χ2n) is 6.36. The molecule has 0 aromatic heterocycles. The highest BCUT2D eigenvalue weighted by molar-refractivity contribution is 5.86. The van der Waals surface area contributed by atoms with Gasteiger partial charge in [0, 0.05) is 6.61 Å². The molecule has 0 radical (unpaired) electrons. The molecule has 0 bridgehead atoms. The van der Waals surface area contributed by atoms with Gasteiger partial charge in [-0.1, -0.05) is 56.8 Å². The summed E-state index contributed by atoms with van der Waals surface area (Å²) in [5, 5.41) is 21.5. The van der Waals surface area contributed by atoms with Gasteiger partial charge >= 0.3 is 0 Å². The van der Waals surface area contributed by atoms with Crippen LogP contribution in [0, 0.1) is 5.41 Å². The molecule has 0 heterocycles. The van der Waals surface area contributed by atoms with Crippen LogP contribution in [0.2, 0.25) is 0 Å². The Kier molecular flexibility index (Phi) is 4.81. The number of hydrogen-bond donors (Lipinski definition) is 2. The minimum atomic E-state index is -0.528. The molecular weight excluding hydrogens is 260 g/mol. The lowest BCUT2D eigenvalue weighted by atomic mass is 9.78. The molecule has 0 saturated carbocycles. The van der Waals surface area contributed by atoms with Gasteiger partial charge in [-0.25, -0.2) is 0 Å². The second-order valence-corrected chi connectivity index (χ2v) is 6.36. The maximum absolute atomic E-state index is 10.1. The van der Waals surface area contributed by atoms with Crippen molar-refractivity contribution in [2.75, 3.05) is 6.61 Å². The van der Waals surface area contributed by atoms with Crippen molar-refractivity contribution in [3.05, 3.63) is 54.6 Å². The molecule has 2 aromatic rings. The summed E-state index contributed by atoms with van der Waals surface area (Å²) in [7, 11) is 0. The molecule has 21 heavy (non-hydrogen) atoms. The van der Waals surface area contributed by atoms with Gasteiger partial charge in [-0.2, -0.15) is 0 Å². The first-order valence-corrected chi connectivity index (χ1v) is 7.40. The predicted octanol–water partition coefficient (Wildman–Crippen LogP) is 4.01. The van der Waals surface area contributed by atoms with Crippen LogP contribution in [-0.2, 0) is 0 Å². The van der Waals surface area contributed by atoms with Crippen LogP contribution >= 0.6 is 0 Å². The van der Waals surface area contributed by atoms with Gasteiger partial charge in [0.25, 0.3) is 0 Å². The van der Waals surface area contributed by atoms with Crippen molar-refractivity contribution in [1.82, 2.24) is 0 Å². The summed E-state index contributed by atoms with van der Waals surface area (Å²) in [6.45, 7) is 8.22. The van der Waals surface area contributed by atoms with E-state index in [1.165, 1.54) is 10.8 Å². The summed E-state index contributed by atoms with van der Waals surface area (Å²) >= 11 is 0. The van der Waals surface area contributed by atoms with E-state index in [4.69, 9.17) is 5.11 Å². The zero-order valence-electron chi connectivity index (χ0n) is 12.8. The molecule has 0 spiro atoms. The number of fused-ring (bicyclic) bond motifs is 1. The summed E-state index contributed by atoms with van der Waals surface area (Å²) in [5.74, 6) is 0. The van der Waals surface area contributed by atoms with Crippen molar-refractivity contribution in [1.29, 1.82) is 0 Å².